The summed E-state index contributed by atoms with van der Waals surface area (Å²) < 4.78 is 6.49. The third-order valence-corrected chi connectivity index (χ3v) is 3.53. The normalized spacial score (nSPS) is 11.9. The molecule has 5 nitrogen and oxygen atoms in total. The first-order valence-corrected chi connectivity index (χ1v) is 7.19. The molecule has 0 saturated carbocycles. The minimum Gasteiger partial charge on any atom is -0.481 e. The molecule has 0 spiro atoms. The summed E-state index contributed by atoms with van der Waals surface area (Å²) in [5.41, 5.74) is 0. The van der Waals surface area contributed by atoms with E-state index in [0.29, 0.717) is 10.9 Å². The lowest BCUT2D eigenvalue weighted by molar-refractivity contribution is -0.122. The van der Waals surface area contributed by atoms with Crippen molar-refractivity contribution < 1.29 is 9.53 Å². The van der Waals surface area contributed by atoms with E-state index >= 15 is 0 Å². The van der Waals surface area contributed by atoms with Crippen molar-refractivity contribution in [2.75, 3.05) is 5.32 Å². The maximum Gasteiger partial charge on any atom is 0.266 e. The van der Waals surface area contributed by atoms with E-state index in [4.69, 9.17) is 4.74 Å². The van der Waals surface area contributed by atoms with E-state index in [1.165, 1.54) is 11.3 Å². The van der Waals surface area contributed by atoms with Crippen LogP contribution >= 0.6 is 27.3 Å². The lowest BCUT2D eigenvalue weighted by atomic mass is 10.3. The number of benzene rings is 1. The molecular formula is C12H12BrN3O2S. The van der Waals surface area contributed by atoms with Crippen LogP contribution in [0.5, 0.6) is 5.75 Å². The van der Waals surface area contributed by atoms with Gasteiger partial charge >= 0.3 is 0 Å². The number of aromatic nitrogens is 2. The highest BCUT2D eigenvalue weighted by atomic mass is 79.9. The quantitative estimate of drug-likeness (QED) is 0.928. The van der Waals surface area contributed by atoms with Gasteiger partial charge in [-0.3, -0.25) is 10.1 Å². The highest BCUT2D eigenvalue weighted by Gasteiger charge is 2.16. The van der Waals surface area contributed by atoms with Crippen molar-refractivity contribution in [2.24, 2.45) is 0 Å². The van der Waals surface area contributed by atoms with Gasteiger partial charge in [-0.1, -0.05) is 27.3 Å². The summed E-state index contributed by atoms with van der Waals surface area (Å²) in [6, 6.07) is 7.30. The smallest absolute Gasteiger partial charge is 0.266 e. The Morgan fingerprint density at radius 3 is 2.63 bits per heavy atom. The number of rotatable bonds is 4. The minimum atomic E-state index is -0.606. The zero-order valence-corrected chi connectivity index (χ0v) is 12.8. The largest absolute Gasteiger partial charge is 0.481 e. The Kier molecular flexibility index (Phi) is 4.49. The molecule has 0 aliphatic rings. The Balaban J connectivity index is 1.94. The predicted molar refractivity (Wildman–Crippen MR) is 77.5 cm³/mol. The van der Waals surface area contributed by atoms with Gasteiger partial charge in [0.2, 0.25) is 5.13 Å². The molecule has 1 atom stereocenters. The second kappa shape index (κ2) is 6.12. The third-order valence-electron chi connectivity index (χ3n) is 2.25. The first-order chi connectivity index (χ1) is 9.04. The van der Waals surface area contributed by atoms with Gasteiger partial charge in [-0.15, -0.1) is 10.2 Å². The third kappa shape index (κ3) is 4.00. The molecule has 100 valence electrons. The van der Waals surface area contributed by atoms with Crippen LogP contribution in [0.1, 0.15) is 11.9 Å². The molecule has 0 radical (unpaired) electrons. The van der Waals surface area contributed by atoms with Gasteiger partial charge in [0, 0.05) is 4.47 Å². The molecule has 1 N–H and O–H groups in total. The molecule has 1 aromatic carbocycles. The van der Waals surface area contributed by atoms with E-state index in [1.807, 2.05) is 19.1 Å². The number of ether oxygens (including phenoxy) is 1. The molecule has 0 saturated heterocycles. The first kappa shape index (κ1) is 14.0. The summed E-state index contributed by atoms with van der Waals surface area (Å²) in [6.07, 6.45) is -0.606. The van der Waals surface area contributed by atoms with Crippen LogP contribution in [0, 0.1) is 6.92 Å². The molecule has 0 aliphatic carbocycles. The van der Waals surface area contributed by atoms with Crippen molar-refractivity contribution in [2.45, 2.75) is 20.0 Å². The van der Waals surface area contributed by atoms with E-state index < -0.39 is 6.10 Å². The molecule has 2 rings (SSSR count). The Labute approximate surface area is 123 Å². The molecule has 7 heteroatoms. The van der Waals surface area contributed by atoms with Crippen LogP contribution in [-0.4, -0.2) is 22.2 Å². The Bertz CT molecular complexity index is 571. The summed E-state index contributed by atoms with van der Waals surface area (Å²) in [5, 5.41) is 11.6. The molecule has 2 aromatic rings. The zero-order valence-electron chi connectivity index (χ0n) is 10.4. The number of nitrogens with zero attached hydrogens (tertiary/aromatic N) is 2. The monoisotopic (exact) mass is 341 g/mol. The van der Waals surface area contributed by atoms with Crippen molar-refractivity contribution >= 4 is 38.3 Å². The number of carbonyl (C=O) groups excluding carboxylic acids is 1. The average Bonchev–Trinajstić information content (AvgIpc) is 2.77. The van der Waals surface area contributed by atoms with Crippen LogP contribution in [0.15, 0.2) is 28.7 Å². The van der Waals surface area contributed by atoms with E-state index in [0.717, 1.165) is 9.48 Å². The Morgan fingerprint density at radius 1 is 1.37 bits per heavy atom. The number of hydrogen-bond donors (Lipinski definition) is 1. The first-order valence-electron chi connectivity index (χ1n) is 5.58. The van der Waals surface area contributed by atoms with Crippen molar-refractivity contribution in [3.05, 3.63) is 33.7 Å². The van der Waals surface area contributed by atoms with Gasteiger partial charge in [-0.2, -0.15) is 0 Å². The fourth-order valence-electron chi connectivity index (χ4n) is 1.32. The molecule has 0 bridgehead atoms. The summed E-state index contributed by atoms with van der Waals surface area (Å²) in [4.78, 5) is 11.9. The molecule has 0 fully saturated rings. The molecular weight excluding hydrogens is 330 g/mol. The van der Waals surface area contributed by atoms with Gasteiger partial charge in [0.1, 0.15) is 10.8 Å². The molecule has 1 aromatic heterocycles. The summed E-state index contributed by atoms with van der Waals surface area (Å²) in [7, 11) is 0. The number of anilines is 1. The van der Waals surface area contributed by atoms with Gasteiger partial charge in [0.05, 0.1) is 0 Å². The lowest BCUT2D eigenvalue weighted by Gasteiger charge is -2.13. The topological polar surface area (TPSA) is 64.1 Å². The minimum absolute atomic E-state index is 0.251. The molecule has 19 heavy (non-hydrogen) atoms. The van der Waals surface area contributed by atoms with Crippen LogP contribution in [0.3, 0.4) is 0 Å². The number of carbonyl (C=O) groups is 1. The second-order valence-electron chi connectivity index (χ2n) is 3.83. The van der Waals surface area contributed by atoms with Crippen molar-refractivity contribution in [3.63, 3.8) is 0 Å². The van der Waals surface area contributed by atoms with Gasteiger partial charge < -0.3 is 4.74 Å². The standard InChI is InChI=1S/C12H12BrN3O2S/c1-7(18-10-5-3-9(13)4-6-10)11(17)14-12-16-15-8(2)19-12/h3-7H,1-2H3,(H,14,16,17)/t7-/m0/s1. The summed E-state index contributed by atoms with van der Waals surface area (Å²) in [6.45, 7) is 3.51. The van der Waals surface area contributed by atoms with Crippen molar-refractivity contribution in [1.82, 2.24) is 10.2 Å². The molecule has 1 heterocycles. The fourth-order valence-corrected chi connectivity index (χ4v) is 2.18. The number of aryl methyl sites for hydroxylation is 1. The van der Waals surface area contributed by atoms with Gasteiger partial charge in [-0.25, -0.2) is 0 Å². The molecule has 0 unspecified atom stereocenters. The van der Waals surface area contributed by atoms with E-state index in [9.17, 15) is 4.79 Å². The van der Waals surface area contributed by atoms with Crippen LogP contribution < -0.4 is 10.1 Å². The lowest BCUT2D eigenvalue weighted by Crippen LogP contribution is -2.30. The second-order valence-corrected chi connectivity index (χ2v) is 5.93. The number of nitrogens with one attached hydrogen (secondary N) is 1. The zero-order chi connectivity index (χ0) is 13.8. The predicted octanol–water partition coefficient (Wildman–Crippen LogP) is 3.02. The van der Waals surface area contributed by atoms with E-state index in [2.05, 4.69) is 31.4 Å². The highest BCUT2D eigenvalue weighted by molar-refractivity contribution is 9.10. The summed E-state index contributed by atoms with van der Waals surface area (Å²) >= 11 is 4.66. The fraction of sp³-hybridized carbons (Fsp3) is 0.250. The maximum absolute atomic E-state index is 11.9. The average molecular weight is 342 g/mol. The number of hydrogen-bond acceptors (Lipinski definition) is 5. The van der Waals surface area contributed by atoms with Gasteiger partial charge in [0.25, 0.3) is 5.91 Å². The van der Waals surface area contributed by atoms with E-state index in [1.54, 1.807) is 19.1 Å². The Morgan fingerprint density at radius 2 is 2.05 bits per heavy atom. The van der Waals surface area contributed by atoms with Crippen LogP contribution in [0.4, 0.5) is 5.13 Å². The maximum atomic E-state index is 11.9. The Hall–Kier alpha value is -1.47. The number of halogens is 1. The van der Waals surface area contributed by atoms with Gasteiger partial charge in [0.15, 0.2) is 6.10 Å². The number of amides is 1. The highest BCUT2D eigenvalue weighted by Crippen LogP contribution is 2.18. The molecule has 0 aliphatic heterocycles. The summed E-state index contributed by atoms with van der Waals surface area (Å²) in [5.74, 6) is 0.387. The molecule has 1 amide bonds. The van der Waals surface area contributed by atoms with Gasteiger partial charge in [-0.05, 0) is 38.1 Å². The van der Waals surface area contributed by atoms with Crippen LogP contribution in [-0.2, 0) is 4.79 Å². The van der Waals surface area contributed by atoms with E-state index in [-0.39, 0.29) is 5.91 Å². The SMILES string of the molecule is Cc1nnc(NC(=O)[C@H](C)Oc2ccc(Br)cc2)s1. The van der Waals surface area contributed by atoms with Crippen LogP contribution in [0.2, 0.25) is 0 Å². The van der Waals surface area contributed by atoms with Crippen LogP contribution in [0.25, 0.3) is 0 Å². The van der Waals surface area contributed by atoms with Crippen molar-refractivity contribution in [1.29, 1.82) is 0 Å². The van der Waals surface area contributed by atoms with Crippen molar-refractivity contribution in [3.8, 4) is 5.75 Å².